The summed E-state index contributed by atoms with van der Waals surface area (Å²) in [6.45, 7) is 0.653. The van der Waals surface area contributed by atoms with Crippen molar-refractivity contribution in [2.45, 2.75) is 12.6 Å². The van der Waals surface area contributed by atoms with Gasteiger partial charge in [-0.3, -0.25) is 4.79 Å². The van der Waals surface area contributed by atoms with Crippen LogP contribution in [-0.4, -0.2) is 24.6 Å². The summed E-state index contributed by atoms with van der Waals surface area (Å²) in [6.07, 6.45) is 0.593. The number of methoxy groups -OCH3 is 1. The highest BCUT2D eigenvalue weighted by Gasteiger charge is 2.34. The lowest BCUT2D eigenvalue weighted by molar-refractivity contribution is -0.140. The van der Waals surface area contributed by atoms with E-state index in [1.165, 1.54) is 7.11 Å². The first-order valence-electron chi connectivity index (χ1n) is 5.06. The molecule has 1 fully saturated rings. The van der Waals surface area contributed by atoms with Crippen LogP contribution in [0.25, 0.3) is 0 Å². The molecule has 1 aliphatic heterocycles. The molecular weight excluding hydrogens is 228 g/mol. The van der Waals surface area contributed by atoms with E-state index in [4.69, 9.17) is 11.6 Å². The molecule has 0 saturated carbocycles. The number of carbonyl (C=O) groups is 1. The average Bonchev–Trinajstić information content (AvgIpc) is 3.06. The summed E-state index contributed by atoms with van der Waals surface area (Å²) in [7, 11) is 1.40. The molecule has 16 heavy (non-hydrogen) atoms. The summed E-state index contributed by atoms with van der Waals surface area (Å²) in [5, 5.41) is 2.71. The van der Waals surface area contributed by atoms with E-state index < -0.39 is 0 Å². The number of hydrogen-bond donors (Lipinski definition) is 1. The number of halogens is 1. The standard InChI is InChI=1S/C11H13ClN2O2/c1-16-10(15)6-7-14-11(13-14)8-2-4-9(12)5-3-8/h2-5,11,13H,6-7H2,1H3. The Morgan fingerprint density at radius 2 is 2.19 bits per heavy atom. The molecule has 0 radical (unpaired) electrons. The minimum absolute atomic E-state index is 0.191. The third-order valence-corrected chi connectivity index (χ3v) is 2.75. The topological polar surface area (TPSA) is 51.2 Å². The number of benzene rings is 1. The lowest BCUT2D eigenvalue weighted by Crippen LogP contribution is -2.10. The van der Waals surface area contributed by atoms with Gasteiger partial charge in [0.15, 0.2) is 0 Å². The molecule has 1 heterocycles. The number of ether oxygens (including phenoxy) is 1. The van der Waals surface area contributed by atoms with Gasteiger partial charge < -0.3 is 4.74 Å². The van der Waals surface area contributed by atoms with Crippen LogP contribution in [0.1, 0.15) is 18.2 Å². The van der Waals surface area contributed by atoms with Gasteiger partial charge in [-0.25, -0.2) is 10.4 Å². The number of rotatable bonds is 4. The second kappa shape index (κ2) is 4.82. The summed E-state index contributed by atoms with van der Waals surface area (Å²) in [6, 6.07) is 7.65. The molecule has 5 heteroatoms. The van der Waals surface area contributed by atoms with Gasteiger partial charge >= 0.3 is 5.97 Å². The Kier molecular flexibility index (Phi) is 3.43. The molecule has 0 aromatic heterocycles. The SMILES string of the molecule is COC(=O)CCN1NC1c1ccc(Cl)cc1. The molecule has 86 valence electrons. The lowest BCUT2D eigenvalue weighted by atomic mass is 10.2. The zero-order valence-corrected chi connectivity index (χ0v) is 9.70. The molecule has 0 spiro atoms. The van der Waals surface area contributed by atoms with E-state index in [9.17, 15) is 4.79 Å². The molecule has 2 unspecified atom stereocenters. The maximum Gasteiger partial charge on any atom is 0.306 e. The Hall–Kier alpha value is -1.10. The molecule has 0 aliphatic carbocycles. The van der Waals surface area contributed by atoms with Crippen LogP contribution in [0.3, 0.4) is 0 Å². The van der Waals surface area contributed by atoms with Gasteiger partial charge in [-0.1, -0.05) is 23.7 Å². The van der Waals surface area contributed by atoms with E-state index in [2.05, 4.69) is 10.2 Å². The molecule has 1 N–H and O–H groups in total. The van der Waals surface area contributed by atoms with Crippen molar-refractivity contribution < 1.29 is 9.53 Å². The summed E-state index contributed by atoms with van der Waals surface area (Å²) in [5.41, 5.74) is 4.31. The van der Waals surface area contributed by atoms with Crippen LogP contribution in [0.2, 0.25) is 5.02 Å². The van der Waals surface area contributed by atoms with Gasteiger partial charge in [-0.2, -0.15) is 0 Å². The molecule has 4 nitrogen and oxygen atoms in total. The number of carbonyl (C=O) groups excluding carboxylic acids is 1. The minimum atomic E-state index is -0.191. The van der Waals surface area contributed by atoms with Crippen LogP contribution in [0.5, 0.6) is 0 Å². The van der Waals surface area contributed by atoms with Gasteiger partial charge in [-0.15, -0.1) is 0 Å². The zero-order chi connectivity index (χ0) is 11.5. The molecule has 1 saturated heterocycles. The third kappa shape index (κ3) is 2.72. The monoisotopic (exact) mass is 240 g/mol. The second-order valence-electron chi connectivity index (χ2n) is 3.60. The number of nitrogens with zero attached hydrogens (tertiary/aromatic N) is 1. The maximum absolute atomic E-state index is 10.9. The van der Waals surface area contributed by atoms with Gasteiger partial charge in [0, 0.05) is 11.6 Å². The van der Waals surface area contributed by atoms with Gasteiger partial charge in [0.25, 0.3) is 0 Å². The van der Waals surface area contributed by atoms with Crippen molar-refractivity contribution in [3.05, 3.63) is 34.9 Å². The fourth-order valence-electron chi connectivity index (χ4n) is 1.53. The first-order chi connectivity index (χ1) is 7.70. The fraction of sp³-hybridized carbons (Fsp3) is 0.364. The van der Waals surface area contributed by atoms with Crippen molar-refractivity contribution in [2.24, 2.45) is 0 Å². The lowest BCUT2D eigenvalue weighted by Gasteiger charge is -2.00. The van der Waals surface area contributed by atoms with E-state index in [-0.39, 0.29) is 12.1 Å². The van der Waals surface area contributed by atoms with Crippen molar-refractivity contribution >= 4 is 17.6 Å². The third-order valence-electron chi connectivity index (χ3n) is 2.50. The van der Waals surface area contributed by atoms with Gasteiger partial charge in [0.2, 0.25) is 0 Å². The summed E-state index contributed by atoms with van der Waals surface area (Å²) in [4.78, 5) is 10.9. The van der Waals surface area contributed by atoms with Crippen LogP contribution in [-0.2, 0) is 9.53 Å². The van der Waals surface area contributed by atoms with Gasteiger partial charge in [0.05, 0.1) is 13.5 Å². The van der Waals surface area contributed by atoms with Gasteiger partial charge in [0.1, 0.15) is 6.17 Å². The van der Waals surface area contributed by atoms with E-state index in [1.807, 2.05) is 29.3 Å². The largest absolute Gasteiger partial charge is 0.469 e. The molecule has 2 rings (SSSR count). The highest BCUT2D eigenvalue weighted by atomic mass is 35.5. The van der Waals surface area contributed by atoms with Crippen molar-refractivity contribution in [1.82, 2.24) is 10.4 Å². The summed E-state index contributed by atoms with van der Waals surface area (Å²) >= 11 is 5.80. The number of hydrazine groups is 1. The van der Waals surface area contributed by atoms with Crippen LogP contribution in [0.15, 0.2) is 24.3 Å². The van der Waals surface area contributed by atoms with Crippen molar-refractivity contribution in [3.8, 4) is 0 Å². The van der Waals surface area contributed by atoms with Crippen LogP contribution in [0, 0.1) is 0 Å². The number of hydrogen-bond acceptors (Lipinski definition) is 4. The van der Waals surface area contributed by atoms with E-state index in [0.29, 0.717) is 13.0 Å². The summed E-state index contributed by atoms with van der Waals surface area (Å²) < 4.78 is 4.57. The van der Waals surface area contributed by atoms with Crippen LogP contribution in [0.4, 0.5) is 0 Å². The Bertz CT molecular complexity index is 380. The van der Waals surface area contributed by atoms with Crippen molar-refractivity contribution in [3.63, 3.8) is 0 Å². The number of nitrogens with one attached hydrogen (secondary N) is 1. The maximum atomic E-state index is 10.9. The zero-order valence-electron chi connectivity index (χ0n) is 8.94. The van der Waals surface area contributed by atoms with Gasteiger partial charge in [-0.05, 0) is 17.7 Å². The van der Waals surface area contributed by atoms with Crippen LogP contribution < -0.4 is 5.43 Å². The molecule has 1 aliphatic rings. The van der Waals surface area contributed by atoms with E-state index >= 15 is 0 Å². The Labute approximate surface area is 99.1 Å². The smallest absolute Gasteiger partial charge is 0.306 e. The van der Waals surface area contributed by atoms with E-state index in [1.54, 1.807) is 0 Å². The Morgan fingerprint density at radius 3 is 2.81 bits per heavy atom. The minimum Gasteiger partial charge on any atom is -0.469 e. The second-order valence-corrected chi connectivity index (χ2v) is 4.04. The first-order valence-corrected chi connectivity index (χ1v) is 5.43. The number of esters is 1. The molecule has 0 amide bonds. The first kappa shape index (κ1) is 11.4. The normalized spacial score (nSPS) is 22.9. The average molecular weight is 241 g/mol. The Balaban J connectivity index is 1.82. The quantitative estimate of drug-likeness (QED) is 0.643. The predicted octanol–water partition coefficient (Wildman–Crippen LogP) is 1.72. The van der Waals surface area contributed by atoms with E-state index in [0.717, 1.165) is 10.6 Å². The predicted molar refractivity (Wildman–Crippen MR) is 60.7 cm³/mol. The molecule has 2 atom stereocenters. The molecular formula is C11H13ClN2O2. The molecule has 0 bridgehead atoms. The van der Waals surface area contributed by atoms with Crippen molar-refractivity contribution in [2.75, 3.05) is 13.7 Å². The Morgan fingerprint density at radius 1 is 1.50 bits per heavy atom. The van der Waals surface area contributed by atoms with Crippen molar-refractivity contribution in [1.29, 1.82) is 0 Å². The highest BCUT2D eigenvalue weighted by molar-refractivity contribution is 6.30. The molecule has 1 aromatic rings. The highest BCUT2D eigenvalue weighted by Crippen LogP contribution is 2.28. The molecule has 1 aromatic carbocycles. The van der Waals surface area contributed by atoms with Crippen LogP contribution >= 0.6 is 11.6 Å². The fourth-order valence-corrected chi connectivity index (χ4v) is 1.66. The summed E-state index contributed by atoms with van der Waals surface area (Å²) in [5.74, 6) is -0.191.